The van der Waals surface area contributed by atoms with Gasteiger partial charge < -0.3 is 20.4 Å². The van der Waals surface area contributed by atoms with Crippen molar-refractivity contribution in [3.8, 4) is 0 Å². The van der Waals surface area contributed by atoms with E-state index in [1.807, 2.05) is 11.0 Å². The molecule has 1 atom stereocenters. The summed E-state index contributed by atoms with van der Waals surface area (Å²) < 4.78 is 0. The van der Waals surface area contributed by atoms with Crippen LogP contribution in [-0.4, -0.2) is 63.1 Å². The molecule has 6 nitrogen and oxygen atoms in total. The molecule has 1 aromatic heterocycles. The molecule has 0 aliphatic carbocycles. The third-order valence-electron chi connectivity index (χ3n) is 5.21. The second-order valence-electron chi connectivity index (χ2n) is 7.25. The number of anilines is 1. The molecule has 7 heteroatoms. The standard InChI is InChI=1S/C22H31N5OS/c1-18(20-9-6-16-29-20)17-25-22(23-2)24-11-10-21(28)27-14-12-26(13-15-27)19-7-4-3-5-8-19/h3-9,16,18H,10-15,17H2,1-2H3,(H2,23,24,25). The number of guanidine groups is 1. The van der Waals surface area contributed by atoms with Crippen molar-refractivity contribution in [1.29, 1.82) is 0 Å². The van der Waals surface area contributed by atoms with Gasteiger partial charge in [0.2, 0.25) is 5.91 Å². The summed E-state index contributed by atoms with van der Waals surface area (Å²) >= 11 is 1.77. The zero-order chi connectivity index (χ0) is 20.5. The molecule has 0 saturated carbocycles. The summed E-state index contributed by atoms with van der Waals surface area (Å²) in [7, 11) is 1.76. The SMILES string of the molecule is CN=C(NCCC(=O)N1CCN(c2ccccc2)CC1)NCC(C)c1cccs1. The monoisotopic (exact) mass is 413 g/mol. The molecule has 29 heavy (non-hydrogen) atoms. The Morgan fingerprint density at radius 2 is 1.86 bits per heavy atom. The third-order valence-corrected chi connectivity index (χ3v) is 6.32. The van der Waals surface area contributed by atoms with Gasteiger partial charge in [-0.3, -0.25) is 9.79 Å². The Hall–Kier alpha value is -2.54. The van der Waals surface area contributed by atoms with Gasteiger partial charge in [0, 0.05) is 69.2 Å². The van der Waals surface area contributed by atoms with Crippen molar-refractivity contribution in [2.24, 2.45) is 4.99 Å². The topological polar surface area (TPSA) is 60.0 Å². The molecule has 1 unspecified atom stereocenters. The molecule has 2 N–H and O–H groups in total. The minimum atomic E-state index is 0.201. The summed E-state index contributed by atoms with van der Waals surface area (Å²) in [5.74, 6) is 1.37. The van der Waals surface area contributed by atoms with Crippen LogP contribution in [0.3, 0.4) is 0 Å². The molecule has 2 heterocycles. The van der Waals surface area contributed by atoms with Gasteiger partial charge in [-0.1, -0.05) is 31.2 Å². The lowest BCUT2D eigenvalue weighted by molar-refractivity contribution is -0.131. The van der Waals surface area contributed by atoms with Gasteiger partial charge in [0.1, 0.15) is 0 Å². The number of piperazine rings is 1. The second kappa shape index (κ2) is 10.9. The zero-order valence-electron chi connectivity index (χ0n) is 17.3. The summed E-state index contributed by atoms with van der Waals surface area (Å²) in [4.78, 5) is 22.5. The molecule has 1 aliphatic heterocycles. The normalized spacial score (nSPS) is 15.9. The summed E-state index contributed by atoms with van der Waals surface area (Å²) in [6, 6.07) is 14.6. The zero-order valence-corrected chi connectivity index (χ0v) is 18.1. The van der Waals surface area contributed by atoms with Crippen molar-refractivity contribution < 1.29 is 4.79 Å². The first-order chi connectivity index (χ1) is 14.2. The van der Waals surface area contributed by atoms with Crippen LogP contribution < -0.4 is 15.5 Å². The van der Waals surface area contributed by atoms with Crippen LogP contribution in [0.15, 0.2) is 52.8 Å². The number of hydrogen-bond acceptors (Lipinski definition) is 4. The number of para-hydroxylation sites is 1. The van der Waals surface area contributed by atoms with E-state index in [9.17, 15) is 4.79 Å². The van der Waals surface area contributed by atoms with E-state index < -0.39 is 0 Å². The van der Waals surface area contributed by atoms with Crippen LogP contribution in [0, 0.1) is 0 Å². The Morgan fingerprint density at radius 3 is 2.52 bits per heavy atom. The largest absolute Gasteiger partial charge is 0.368 e. The van der Waals surface area contributed by atoms with Crippen LogP contribution in [0.1, 0.15) is 24.1 Å². The van der Waals surface area contributed by atoms with E-state index in [1.54, 1.807) is 18.4 Å². The fourth-order valence-electron chi connectivity index (χ4n) is 3.44. The molecule has 2 aromatic rings. The fourth-order valence-corrected chi connectivity index (χ4v) is 4.23. The molecule has 0 radical (unpaired) electrons. The van der Waals surface area contributed by atoms with Gasteiger partial charge in [-0.25, -0.2) is 0 Å². The van der Waals surface area contributed by atoms with Gasteiger partial charge in [0.05, 0.1) is 0 Å². The molecule has 1 fully saturated rings. The number of aliphatic imine (C=N–C) groups is 1. The number of nitrogens with zero attached hydrogens (tertiary/aromatic N) is 3. The molecule has 3 rings (SSSR count). The highest BCUT2D eigenvalue weighted by Crippen LogP contribution is 2.19. The lowest BCUT2D eigenvalue weighted by atomic mass is 10.1. The van der Waals surface area contributed by atoms with Crippen molar-refractivity contribution in [1.82, 2.24) is 15.5 Å². The molecule has 156 valence electrons. The summed E-state index contributed by atoms with van der Waals surface area (Å²) in [5, 5.41) is 8.71. The van der Waals surface area contributed by atoms with Crippen molar-refractivity contribution in [2.75, 3.05) is 51.2 Å². The predicted octanol–water partition coefficient (Wildman–Crippen LogP) is 2.76. The maximum absolute atomic E-state index is 12.5. The van der Waals surface area contributed by atoms with Crippen molar-refractivity contribution in [2.45, 2.75) is 19.3 Å². The number of carbonyl (C=O) groups excluding carboxylic acids is 1. The molecule has 1 aliphatic rings. The average molecular weight is 414 g/mol. The summed E-state index contributed by atoms with van der Waals surface area (Å²) in [6.07, 6.45) is 0.479. The van der Waals surface area contributed by atoms with Crippen molar-refractivity contribution in [3.05, 3.63) is 52.7 Å². The average Bonchev–Trinajstić information content (AvgIpc) is 3.31. The van der Waals surface area contributed by atoms with Gasteiger partial charge in [-0.2, -0.15) is 0 Å². The Kier molecular flexibility index (Phi) is 7.93. The minimum Gasteiger partial charge on any atom is -0.368 e. The minimum absolute atomic E-state index is 0.201. The van der Waals surface area contributed by atoms with Gasteiger partial charge in [0.25, 0.3) is 0 Å². The highest BCUT2D eigenvalue weighted by atomic mass is 32.1. The van der Waals surface area contributed by atoms with Gasteiger partial charge >= 0.3 is 0 Å². The number of nitrogens with one attached hydrogen (secondary N) is 2. The Morgan fingerprint density at radius 1 is 1.10 bits per heavy atom. The second-order valence-corrected chi connectivity index (χ2v) is 8.23. The summed E-state index contributed by atoms with van der Waals surface area (Å²) in [5.41, 5.74) is 1.23. The Bertz CT molecular complexity index is 770. The van der Waals surface area contributed by atoms with Crippen LogP contribution in [0.25, 0.3) is 0 Å². The van der Waals surface area contributed by atoms with Gasteiger partial charge in [-0.05, 0) is 23.6 Å². The van der Waals surface area contributed by atoms with Crippen LogP contribution in [0.4, 0.5) is 5.69 Å². The highest BCUT2D eigenvalue weighted by Gasteiger charge is 2.20. The van der Waals surface area contributed by atoms with Crippen LogP contribution in [0.2, 0.25) is 0 Å². The Balaban J connectivity index is 1.35. The van der Waals surface area contributed by atoms with Crippen LogP contribution >= 0.6 is 11.3 Å². The molecule has 1 aromatic carbocycles. The van der Waals surface area contributed by atoms with Crippen molar-refractivity contribution in [3.63, 3.8) is 0 Å². The lowest BCUT2D eigenvalue weighted by Gasteiger charge is -2.36. The van der Waals surface area contributed by atoms with Crippen LogP contribution in [-0.2, 0) is 4.79 Å². The highest BCUT2D eigenvalue weighted by molar-refractivity contribution is 7.10. The molecule has 0 spiro atoms. The van der Waals surface area contributed by atoms with Crippen molar-refractivity contribution >= 4 is 28.9 Å². The molecule has 1 saturated heterocycles. The first-order valence-electron chi connectivity index (χ1n) is 10.2. The third kappa shape index (κ3) is 6.22. The lowest BCUT2D eigenvalue weighted by Crippen LogP contribution is -2.49. The van der Waals surface area contributed by atoms with Gasteiger partial charge in [0.15, 0.2) is 5.96 Å². The van der Waals surface area contributed by atoms with E-state index in [2.05, 4.69) is 69.2 Å². The number of amides is 1. The van der Waals surface area contributed by atoms with E-state index in [1.165, 1.54) is 10.6 Å². The smallest absolute Gasteiger partial charge is 0.224 e. The van der Waals surface area contributed by atoms with E-state index in [4.69, 9.17) is 0 Å². The predicted molar refractivity (Wildman–Crippen MR) is 122 cm³/mol. The van der Waals surface area contributed by atoms with E-state index >= 15 is 0 Å². The number of benzene rings is 1. The fraction of sp³-hybridized carbons (Fsp3) is 0.455. The first-order valence-corrected chi connectivity index (χ1v) is 11.1. The number of carbonyl (C=O) groups is 1. The number of thiophene rings is 1. The molecule has 0 bridgehead atoms. The number of hydrogen-bond donors (Lipinski definition) is 2. The molecular weight excluding hydrogens is 382 g/mol. The number of rotatable bonds is 7. The van der Waals surface area contributed by atoms with E-state index in [0.717, 1.165) is 38.7 Å². The first kappa shape index (κ1) is 21.2. The summed E-state index contributed by atoms with van der Waals surface area (Å²) in [6.45, 7) is 6.92. The Labute approximate surface area is 177 Å². The molecule has 1 amide bonds. The maximum Gasteiger partial charge on any atom is 0.224 e. The van der Waals surface area contributed by atoms with E-state index in [0.29, 0.717) is 18.9 Å². The van der Waals surface area contributed by atoms with Gasteiger partial charge in [-0.15, -0.1) is 11.3 Å². The van der Waals surface area contributed by atoms with E-state index in [-0.39, 0.29) is 5.91 Å². The quantitative estimate of drug-likeness (QED) is 0.541. The molecular formula is C22H31N5OS. The maximum atomic E-state index is 12.5. The van der Waals surface area contributed by atoms with Crippen LogP contribution in [0.5, 0.6) is 0 Å².